The van der Waals surface area contributed by atoms with Crippen LogP contribution >= 0.6 is 0 Å². The van der Waals surface area contributed by atoms with Crippen LogP contribution < -0.4 is 10.0 Å². The first-order valence-corrected chi connectivity index (χ1v) is 8.10. The second kappa shape index (κ2) is 6.55. The topological polar surface area (TPSA) is 95.5 Å². The van der Waals surface area contributed by atoms with Crippen molar-refractivity contribution in [3.63, 3.8) is 0 Å². The highest BCUT2D eigenvalue weighted by molar-refractivity contribution is 7.89. The molecule has 118 valence electrons. The lowest BCUT2D eigenvalue weighted by molar-refractivity contribution is 0.0924. The third kappa shape index (κ3) is 5.82. The summed E-state index contributed by atoms with van der Waals surface area (Å²) < 4.78 is 26.7. The quantitative estimate of drug-likeness (QED) is 0.751. The van der Waals surface area contributed by atoms with Crippen LogP contribution in [0.1, 0.15) is 38.1 Å². The van der Waals surface area contributed by atoms with Crippen LogP contribution in [0.15, 0.2) is 29.2 Å². The van der Waals surface area contributed by atoms with Crippen molar-refractivity contribution in [3.8, 4) is 0 Å². The normalized spacial score (nSPS) is 13.8. The molecular formula is C14H22N2O4S. The van der Waals surface area contributed by atoms with Gasteiger partial charge in [0.2, 0.25) is 10.0 Å². The molecule has 0 spiro atoms. The van der Waals surface area contributed by atoms with Gasteiger partial charge >= 0.3 is 0 Å². The molecule has 1 rings (SSSR count). The highest BCUT2D eigenvalue weighted by Gasteiger charge is 2.22. The van der Waals surface area contributed by atoms with Crippen molar-refractivity contribution in [1.82, 2.24) is 10.0 Å². The molecule has 3 N–H and O–H groups in total. The number of carbonyl (C=O) groups excluding carboxylic acids is 1. The van der Waals surface area contributed by atoms with E-state index in [1.54, 1.807) is 27.7 Å². The summed E-state index contributed by atoms with van der Waals surface area (Å²) in [5.41, 5.74) is -0.239. The second-order valence-corrected chi connectivity index (χ2v) is 7.62. The van der Waals surface area contributed by atoms with Crippen LogP contribution in [0.4, 0.5) is 0 Å². The molecule has 0 aliphatic carbocycles. The van der Waals surface area contributed by atoms with E-state index in [2.05, 4.69) is 10.0 Å². The molecule has 0 unspecified atom stereocenters. The van der Waals surface area contributed by atoms with E-state index in [9.17, 15) is 13.2 Å². The van der Waals surface area contributed by atoms with E-state index in [1.807, 2.05) is 0 Å². The second-order valence-electron chi connectivity index (χ2n) is 5.94. The van der Waals surface area contributed by atoms with Gasteiger partial charge in [-0.25, -0.2) is 13.1 Å². The van der Waals surface area contributed by atoms with Crippen LogP contribution in [0.25, 0.3) is 0 Å². The Morgan fingerprint density at radius 3 is 2.19 bits per heavy atom. The molecule has 1 aromatic rings. The van der Waals surface area contributed by atoms with Gasteiger partial charge in [0.1, 0.15) is 0 Å². The number of rotatable bonds is 5. The Kier molecular flexibility index (Phi) is 5.49. The number of hydrogen-bond donors (Lipinski definition) is 3. The predicted molar refractivity (Wildman–Crippen MR) is 80.5 cm³/mol. The van der Waals surface area contributed by atoms with Crippen molar-refractivity contribution in [3.05, 3.63) is 29.8 Å². The first kappa shape index (κ1) is 17.6. The first-order valence-electron chi connectivity index (χ1n) is 6.61. The first-order chi connectivity index (χ1) is 9.51. The Hall–Kier alpha value is -1.44. The van der Waals surface area contributed by atoms with E-state index in [4.69, 9.17) is 5.11 Å². The van der Waals surface area contributed by atoms with Crippen LogP contribution in [0.5, 0.6) is 0 Å². The Bertz CT molecular complexity index is 586. The van der Waals surface area contributed by atoms with Crippen LogP contribution in [0.3, 0.4) is 0 Å². The molecule has 1 aromatic carbocycles. The summed E-state index contributed by atoms with van der Waals surface area (Å²) in [4.78, 5) is 11.9. The fourth-order valence-corrected chi connectivity index (χ4v) is 3.01. The summed E-state index contributed by atoms with van der Waals surface area (Å²) in [7, 11) is -3.61. The third-order valence-electron chi connectivity index (χ3n) is 2.43. The van der Waals surface area contributed by atoms with Gasteiger partial charge in [0.25, 0.3) is 5.91 Å². The Morgan fingerprint density at radius 2 is 1.76 bits per heavy atom. The van der Waals surface area contributed by atoms with Gasteiger partial charge in [0, 0.05) is 17.6 Å². The van der Waals surface area contributed by atoms with Crippen molar-refractivity contribution < 1.29 is 18.3 Å². The monoisotopic (exact) mass is 314 g/mol. The fraction of sp³-hybridized carbons (Fsp3) is 0.500. The SMILES string of the molecule is C[C@@H](O)CNC(=O)c1ccc(S(=O)(=O)NC(C)(C)C)cc1. The lowest BCUT2D eigenvalue weighted by Gasteiger charge is -2.20. The Balaban J connectivity index is 2.85. The van der Waals surface area contributed by atoms with Gasteiger partial charge in [0.15, 0.2) is 0 Å². The maximum Gasteiger partial charge on any atom is 0.251 e. The van der Waals surface area contributed by atoms with E-state index in [1.165, 1.54) is 24.3 Å². The number of aliphatic hydroxyl groups excluding tert-OH is 1. The zero-order valence-corrected chi connectivity index (χ0v) is 13.5. The summed E-state index contributed by atoms with van der Waals surface area (Å²) in [6, 6.07) is 5.64. The molecule has 0 saturated heterocycles. The van der Waals surface area contributed by atoms with E-state index in [0.29, 0.717) is 5.56 Å². The van der Waals surface area contributed by atoms with Gasteiger partial charge in [0.05, 0.1) is 11.0 Å². The minimum absolute atomic E-state index is 0.101. The van der Waals surface area contributed by atoms with Gasteiger partial charge in [-0.05, 0) is 52.0 Å². The maximum atomic E-state index is 12.1. The zero-order valence-electron chi connectivity index (χ0n) is 12.7. The van der Waals surface area contributed by atoms with Crippen LogP contribution in [0.2, 0.25) is 0 Å². The molecule has 6 nitrogen and oxygen atoms in total. The molecule has 0 saturated carbocycles. The number of nitrogens with one attached hydrogen (secondary N) is 2. The van der Waals surface area contributed by atoms with Crippen molar-refractivity contribution in [2.45, 2.75) is 44.2 Å². The molecule has 0 aliphatic rings. The lowest BCUT2D eigenvalue weighted by Crippen LogP contribution is -2.40. The molecule has 0 heterocycles. The minimum Gasteiger partial charge on any atom is -0.392 e. The van der Waals surface area contributed by atoms with Crippen molar-refractivity contribution in [2.75, 3.05) is 6.54 Å². The van der Waals surface area contributed by atoms with Gasteiger partial charge in [-0.2, -0.15) is 0 Å². The van der Waals surface area contributed by atoms with Gasteiger partial charge in [-0.15, -0.1) is 0 Å². The molecule has 0 bridgehead atoms. The number of aliphatic hydroxyl groups is 1. The van der Waals surface area contributed by atoms with Crippen molar-refractivity contribution in [2.24, 2.45) is 0 Å². The average molecular weight is 314 g/mol. The Labute approximate surface area is 125 Å². The van der Waals surface area contributed by atoms with Gasteiger partial charge in [-0.1, -0.05) is 0 Å². The van der Waals surface area contributed by atoms with Crippen molar-refractivity contribution in [1.29, 1.82) is 0 Å². The smallest absolute Gasteiger partial charge is 0.251 e. The van der Waals surface area contributed by atoms with Crippen LogP contribution in [-0.2, 0) is 10.0 Å². The highest BCUT2D eigenvalue weighted by atomic mass is 32.2. The zero-order chi connectivity index (χ0) is 16.3. The lowest BCUT2D eigenvalue weighted by atomic mass is 10.1. The van der Waals surface area contributed by atoms with Crippen LogP contribution in [-0.4, -0.2) is 37.6 Å². The highest BCUT2D eigenvalue weighted by Crippen LogP contribution is 2.13. The fourth-order valence-electron chi connectivity index (χ4n) is 1.59. The molecule has 0 aliphatic heterocycles. The molecule has 0 fully saturated rings. The minimum atomic E-state index is -3.61. The standard InChI is InChI=1S/C14H22N2O4S/c1-10(17)9-15-13(18)11-5-7-12(8-6-11)21(19,20)16-14(2,3)4/h5-8,10,16-17H,9H2,1-4H3,(H,15,18)/t10-/m1/s1. The maximum absolute atomic E-state index is 12.1. The number of carbonyl (C=O) groups is 1. The largest absolute Gasteiger partial charge is 0.392 e. The van der Waals surface area contributed by atoms with E-state index in [-0.39, 0.29) is 17.3 Å². The number of amides is 1. The molecule has 1 atom stereocenters. The number of sulfonamides is 1. The van der Waals surface area contributed by atoms with E-state index >= 15 is 0 Å². The predicted octanol–water partition coefficient (Wildman–Crippen LogP) is 0.874. The molecule has 21 heavy (non-hydrogen) atoms. The van der Waals surface area contributed by atoms with Gasteiger partial charge < -0.3 is 10.4 Å². The van der Waals surface area contributed by atoms with E-state index in [0.717, 1.165) is 0 Å². The molecule has 1 amide bonds. The summed E-state index contributed by atoms with van der Waals surface area (Å²) in [5, 5.41) is 11.6. The Morgan fingerprint density at radius 1 is 1.24 bits per heavy atom. The molecule has 7 heteroatoms. The van der Waals surface area contributed by atoms with E-state index < -0.39 is 21.7 Å². The number of benzene rings is 1. The summed E-state index contributed by atoms with van der Waals surface area (Å²) in [5.74, 6) is -0.358. The average Bonchev–Trinajstić information content (AvgIpc) is 2.33. The van der Waals surface area contributed by atoms with Crippen molar-refractivity contribution >= 4 is 15.9 Å². The third-order valence-corrected chi connectivity index (χ3v) is 4.20. The van der Waals surface area contributed by atoms with Crippen LogP contribution in [0, 0.1) is 0 Å². The van der Waals surface area contributed by atoms with Gasteiger partial charge in [-0.3, -0.25) is 4.79 Å². The molecule has 0 aromatic heterocycles. The summed E-state index contributed by atoms with van der Waals surface area (Å²) >= 11 is 0. The summed E-state index contributed by atoms with van der Waals surface area (Å²) in [6.07, 6.45) is -0.635. The number of hydrogen-bond acceptors (Lipinski definition) is 4. The molecular weight excluding hydrogens is 292 g/mol. The molecule has 0 radical (unpaired) electrons. The summed E-state index contributed by atoms with van der Waals surface area (Å²) in [6.45, 7) is 6.96.